The summed E-state index contributed by atoms with van der Waals surface area (Å²) in [5, 5.41) is 3.44. The molecule has 1 N–H and O–H groups in total. The van der Waals surface area contributed by atoms with Gasteiger partial charge in [0.05, 0.1) is 0 Å². The Hall–Kier alpha value is -0.0800. The molecule has 0 aromatic carbocycles. The number of hydrogen-bond acceptors (Lipinski definition) is 2. The molecule has 2 saturated carbocycles. The van der Waals surface area contributed by atoms with Gasteiger partial charge in [0.1, 0.15) is 0 Å². The molecule has 0 amide bonds. The first-order valence-corrected chi connectivity index (χ1v) is 7.94. The highest BCUT2D eigenvalue weighted by atomic mass is 15.2. The molecule has 2 nitrogen and oxygen atoms in total. The van der Waals surface area contributed by atoms with E-state index >= 15 is 0 Å². The molecular weight excluding hydrogens is 220 g/mol. The molecule has 0 radical (unpaired) electrons. The molecule has 0 bridgehead atoms. The largest absolute Gasteiger partial charge is 0.317 e. The van der Waals surface area contributed by atoms with Crippen molar-refractivity contribution in [2.75, 3.05) is 14.1 Å². The van der Waals surface area contributed by atoms with Gasteiger partial charge in [-0.15, -0.1) is 0 Å². The third-order valence-electron chi connectivity index (χ3n) is 5.62. The van der Waals surface area contributed by atoms with Crippen molar-refractivity contribution in [3.63, 3.8) is 0 Å². The highest BCUT2D eigenvalue weighted by Gasteiger charge is 2.37. The van der Waals surface area contributed by atoms with Crippen LogP contribution in [0.1, 0.15) is 65.2 Å². The molecule has 1 atom stereocenters. The second kappa shape index (κ2) is 5.92. The Balaban J connectivity index is 1.92. The first kappa shape index (κ1) is 14.3. The van der Waals surface area contributed by atoms with Gasteiger partial charge in [0.2, 0.25) is 0 Å². The molecule has 0 heterocycles. The molecule has 2 aliphatic carbocycles. The zero-order valence-electron chi connectivity index (χ0n) is 12.8. The lowest BCUT2D eigenvalue weighted by atomic mass is 9.72. The lowest BCUT2D eigenvalue weighted by Crippen LogP contribution is -2.51. The molecular formula is C16H32N2. The van der Waals surface area contributed by atoms with Crippen molar-refractivity contribution >= 4 is 0 Å². The van der Waals surface area contributed by atoms with Crippen molar-refractivity contribution in [3.8, 4) is 0 Å². The molecule has 18 heavy (non-hydrogen) atoms. The second-order valence-electron chi connectivity index (χ2n) is 7.21. The average molecular weight is 252 g/mol. The van der Waals surface area contributed by atoms with Crippen molar-refractivity contribution in [1.82, 2.24) is 10.2 Å². The molecule has 2 rings (SSSR count). The minimum atomic E-state index is 0.521. The van der Waals surface area contributed by atoms with E-state index in [9.17, 15) is 0 Å². The first-order chi connectivity index (χ1) is 8.54. The smallest absolute Gasteiger partial charge is 0.0146 e. The van der Waals surface area contributed by atoms with Crippen LogP contribution >= 0.6 is 0 Å². The van der Waals surface area contributed by atoms with E-state index in [0.29, 0.717) is 5.41 Å². The van der Waals surface area contributed by atoms with Gasteiger partial charge in [0.15, 0.2) is 0 Å². The van der Waals surface area contributed by atoms with Crippen LogP contribution < -0.4 is 5.32 Å². The van der Waals surface area contributed by atoms with Gasteiger partial charge in [-0.2, -0.15) is 0 Å². The van der Waals surface area contributed by atoms with Crippen molar-refractivity contribution < 1.29 is 0 Å². The molecule has 1 unspecified atom stereocenters. The van der Waals surface area contributed by atoms with E-state index in [2.05, 4.69) is 38.2 Å². The second-order valence-corrected chi connectivity index (χ2v) is 7.21. The van der Waals surface area contributed by atoms with Gasteiger partial charge in [-0.3, -0.25) is 4.90 Å². The lowest BCUT2D eigenvalue weighted by Gasteiger charge is -2.48. The molecule has 2 aliphatic rings. The highest BCUT2D eigenvalue weighted by molar-refractivity contribution is 4.92. The number of rotatable bonds is 3. The molecule has 0 aromatic heterocycles. The standard InChI is InChI=1S/C16H32N2/c1-16(2)12-6-5-7-15(16)18(4)14-10-8-13(17-3)9-11-14/h13-15,17H,5-12H2,1-4H3. The fourth-order valence-corrected chi connectivity index (χ4v) is 4.26. The summed E-state index contributed by atoms with van der Waals surface area (Å²) in [5.41, 5.74) is 0.521. The maximum atomic E-state index is 3.44. The van der Waals surface area contributed by atoms with E-state index in [1.54, 1.807) is 0 Å². The Labute approximate surface area is 114 Å². The van der Waals surface area contributed by atoms with Crippen LogP contribution in [0, 0.1) is 5.41 Å². The van der Waals surface area contributed by atoms with Crippen LogP contribution in [0.5, 0.6) is 0 Å². The van der Waals surface area contributed by atoms with Crippen LogP contribution in [0.3, 0.4) is 0 Å². The third kappa shape index (κ3) is 3.08. The maximum absolute atomic E-state index is 3.44. The van der Waals surface area contributed by atoms with Gasteiger partial charge in [0.25, 0.3) is 0 Å². The quantitative estimate of drug-likeness (QED) is 0.828. The van der Waals surface area contributed by atoms with E-state index in [1.165, 1.54) is 51.4 Å². The van der Waals surface area contributed by atoms with Gasteiger partial charge in [-0.1, -0.05) is 26.7 Å². The summed E-state index contributed by atoms with van der Waals surface area (Å²) in [6, 6.07) is 2.41. The SMILES string of the molecule is CNC1CCC(N(C)C2CCCCC2(C)C)CC1. The van der Waals surface area contributed by atoms with Gasteiger partial charge >= 0.3 is 0 Å². The topological polar surface area (TPSA) is 15.3 Å². The van der Waals surface area contributed by atoms with E-state index in [0.717, 1.165) is 18.1 Å². The van der Waals surface area contributed by atoms with E-state index < -0.39 is 0 Å². The van der Waals surface area contributed by atoms with Crippen molar-refractivity contribution in [1.29, 1.82) is 0 Å². The zero-order chi connectivity index (χ0) is 13.2. The summed E-state index contributed by atoms with van der Waals surface area (Å²) >= 11 is 0. The molecule has 0 aliphatic heterocycles. The predicted molar refractivity (Wildman–Crippen MR) is 78.9 cm³/mol. The van der Waals surface area contributed by atoms with Gasteiger partial charge in [0, 0.05) is 18.1 Å². The zero-order valence-corrected chi connectivity index (χ0v) is 12.8. The number of hydrogen-bond donors (Lipinski definition) is 1. The number of nitrogens with one attached hydrogen (secondary N) is 1. The first-order valence-electron chi connectivity index (χ1n) is 7.94. The minimum Gasteiger partial charge on any atom is -0.317 e. The van der Waals surface area contributed by atoms with Crippen LogP contribution in [0.25, 0.3) is 0 Å². The number of nitrogens with zero attached hydrogens (tertiary/aromatic N) is 1. The molecule has 0 spiro atoms. The predicted octanol–water partition coefficient (Wildman–Crippen LogP) is 3.42. The summed E-state index contributed by atoms with van der Waals surface area (Å²) in [6.07, 6.45) is 11.2. The normalized spacial score (nSPS) is 36.8. The Bertz CT molecular complexity index is 254. The summed E-state index contributed by atoms with van der Waals surface area (Å²) in [4.78, 5) is 2.74. The van der Waals surface area contributed by atoms with Crippen molar-refractivity contribution in [2.24, 2.45) is 5.41 Å². The molecule has 0 saturated heterocycles. The molecule has 106 valence electrons. The van der Waals surface area contributed by atoms with Gasteiger partial charge in [-0.25, -0.2) is 0 Å². The van der Waals surface area contributed by atoms with Gasteiger partial charge < -0.3 is 5.32 Å². The summed E-state index contributed by atoms with van der Waals surface area (Å²) in [7, 11) is 4.50. The van der Waals surface area contributed by atoms with E-state index in [1.807, 2.05) is 0 Å². The van der Waals surface area contributed by atoms with Crippen molar-refractivity contribution in [2.45, 2.75) is 83.3 Å². The summed E-state index contributed by atoms with van der Waals surface area (Å²) in [5.74, 6) is 0. The summed E-state index contributed by atoms with van der Waals surface area (Å²) < 4.78 is 0. The maximum Gasteiger partial charge on any atom is 0.0146 e. The van der Waals surface area contributed by atoms with Crippen molar-refractivity contribution in [3.05, 3.63) is 0 Å². The van der Waals surface area contributed by atoms with Gasteiger partial charge in [-0.05, 0) is 58.0 Å². The minimum absolute atomic E-state index is 0.521. The van der Waals surface area contributed by atoms with Crippen LogP contribution in [0.2, 0.25) is 0 Å². The fourth-order valence-electron chi connectivity index (χ4n) is 4.26. The highest BCUT2D eigenvalue weighted by Crippen LogP contribution is 2.40. The van der Waals surface area contributed by atoms with Crippen LogP contribution in [-0.2, 0) is 0 Å². The Morgan fingerprint density at radius 2 is 1.67 bits per heavy atom. The molecule has 2 heteroatoms. The monoisotopic (exact) mass is 252 g/mol. The Morgan fingerprint density at radius 3 is 2.22 bits per heavy atom. The molecule has 2 fully saturated rings. The third-order valence-corrected chi connectivity index (χ3v) is 5.62. The average Bonchev–Trinajstić information content (AvgIpc) is 2.37. The Kier molecular flexibility index (Phi) is 4.71. The van der Waals surface area contributed by atoms with Crippen LogP contribution in [-0.4, -0.2) is 37.1 Å². The fraction of sp³-hybridized carbons (Fsp3) is 1.00. The molecule has 0 aromatic rings. The van der Waals surface area contributed by atoms with E-state index in [4.69, 9.17) is 0 Å². The van der Waals surface area contributed by atoms with Crippen LogP contribution in [0.4, 0.5) is 0 Å². The van der Waals surface area contributed by atoms with Crippen LogP contribution in [0.15, 0.2) is 0 Å². The van der Waals surface area contributed by atoms with E-state index in [-0.39, 0.29) is 0 Å². The Morgan fingerprint density at radius 1 is 1.00 bits per heavy atom. The summed E-state index contributed by atoms with van der Waals surface area (Å²) in [6.45, 7) is 4.96. The lowest BCUT2D eigenvalue weighted by molar-refractivity contribution is 0.0241.